The third-order valence-corrected chi connectivity index (χ3v) is 8.48. The molecule has 0 amide bonds. The molecule has 2 unspecified atom stereocenters. The predicted molar refractivity (Wildman–Crippen MR) is 140 cm³/mol. The average molecular weight is 552 g/mol. The number of piperidine rings is 1. The molecule has 7 rings (SSSR count). The summed E-state index contributed by atoms with van der Waals surface area (Å²) in [6.45, 7) is 0.263. The van der Waals surface area contributed by atoms with Crippen LogP contribution in [0.1, 0.15) is 71.8 Å². The fourth-order valence-electron chi connectivity index (χ4n) is 6.52. The van der Waals surface area contributed by atoms with Gasteiger partial charge in [-0.1, -0.05) is 18.2 Å². The van der Waals surface area contributed by atoms with Gasteiger partial charge in [0, 0.05) is 47.4 Å². The molecule has 1 saturated carbocycles. The molecule has 2 N–H and O–H groups in total. The number of hydrogen-bond acceptors (Lipinski definition) is 5. The van der Waals surface area contributed by atoms with E-state index < -0.39 is 17.7 Å². The topological polar surface area (TPSA) is 95.7 Å². The number of benzene rings is 1. The van der Waals surface area contributed by atoms with Crippen LogP contribution in [-0.4, -0.2) is 48.8 Å². The van der Waals surface area contributed by atoms with Crippen molar-refractivity contribution >= 4 is 17.4 Å². The first-order valence-corrected chi connectivity index (χ1v) is 13.6. The summed E-state index contributed by atoms with van der Waals surface area (Å²) in [7, 11) is 0. The van der Waals surface area contributed by atoms with Crippen LogP contribution in [0.4, 0.5) is 19.0 Å². The highest BCUT2D eigenvalue weighted by atomic mass is 19.4. The highest BCUT2D eigenvalue weighted by Crippen LogP contribution is 2.46. The van der Waals surface area contributed by atoms with Gasteiger partial charge in [0.25, 0.3) is 0 Å². The number of carboxylic acids is 1. The van der Waals surface area contributed by atoms with E-state index in [1.807, 2.05) is 6.07 Å². The second-order valence-corrected chi connectivity index (χ2v) is 11.0. The molecule has 1 aromatic carbocycles. The summed E-state index contributed by atoms with van der Waals surface area (Å²) in [5.74, 6) is 0.0417. The number of ether oxygens (including phenoxy) is 1. The first-order chi connectivity index (χ1) is 19.3. The van der Waals surface area contributed by atoms with Crippen LogP contribution in [0, 0.1) is 0 Å². The van der Waals surface area contributed by atoms with Crippen LogP contribution in [0.25, 0.3) is 16.8 Å². The molecule has 3 aliphatic rings. The van der Waals surface area contributed by atoms with Gasteiger partial charge in [-0.15, -0.1) is 0 Å². The highest BCUT2D eigenvalue weighted by Gasteiger charge is 2.42. The van der Waals surface area contributed by atoms with Gasteiger partial charge in [-0.05, 0) is 62.1 Å². The van der Waals surface area contributed by atoms with Gasteiger partial charge in [-0.3, -0.25) is 0 Å². The van der Waals surface area contributed by atoms with E-state index in [0.717, 1.165) is 61.7 Å². The summed E-state index contributed by atoms with van der Waals surface area (Å²) in [5, 5.41) is 13.3. The van der Waals surface area contributed by atoms with E-state index in [9.17, 15) is 23.1 Å². The van der Waals surface area contributed by atoms with Crippen molar-refractivity contribution in [2.45, 2.75) is 75.4 Å². The van der Waals surface area contributed by atoms with Gasteiger partial charge >= 0.3 is 12.1 Å². The van der Waals surface area contributed by atoms with Crippen LogP contribution in [0.3, 0.4) is 0 Å². The number of halogens is 3. The monoisotopic (exact) mass is 551 g/mol. The number of nitrogens with zero attached hydrogens (tertiary/aromatic N) is 4. The number of hydrogen-bond donors (Lipinski definition) is 2. The average Bonchev–Trinajstić information content (AvgIpc) is 3.43. The zero-order valence-corrected chi connectivity index (χ0v) is 21.6. The number of aromatic carboxylic acids is 1. The molecule has 40 heavy (non-hydrogen) atoms. The predicted octanol–water partition coefficient (Wildman–Crippen LogP) is 6.04. The van der Waals surface area contributed by atoms with Crippen molar-refractivity contribution in [3.05, 3.63) is 71.3 Å². The standard InChI is InChI=1S/C29H28F3N5O3/c30-29(31,32)23-4-2-1-3-20(23)21-14-33-27(16-5-6-16)22(21)15-40-19-11-17-7-8-18(12-19)37(17)25-9-10-36-26(34-25)13-24(35-36)28(38)39/h1-4,9-10,13-14,16-19,33H,5-8,11-12,15H2,(H,38,39). The van der Waals surface area contributed by atoms with E-state index in [1.54, 1.807) is 18.5 Å². The summed E-state index contributed by atoms with van der Waals surface area (Å²) in [5.41, 5.74) is 2.37. The summed E-state index contributed by atoms with van der Waals surface area (Å²) in [6.07, 6.45) is 4.62. The van der Waals surface area contributed by atoms with Crippen molar-refractivity contribution < 1.29 is 27.8 Å². The molecule has 0 spiro atoms. The smallest absolute Gasteiger partial charge is 0.417 e. The van der Waals surface area contributed by atoms with Crippen molar-refractivity contribution in [3.63, 3.8) is 0 Å². The fourth-order valence-corrected chi connectivity index (χ4v) is 6.52. The Hall–Kier alpha value is -3.86. The van der Waals surface area contributed by atoms with Gasteiger partial charge in [0.15, 0.2) is 11.3 Å². The van der Waals surface area contributed by atoms with Gasteiger partial charge in [-0.2, -0.15) is 18.3 Å². The molecule has 4 aromatic rings. The Morgan fingerprint density at radius 3 is 2.52 bits per heavy atom. The van der Waals surface area contributed by atoms with Crippen LogP contribution in [-0.2, 0) is 17.5 Å². The van der Waals surface area contributed by atoms with E-state index in [-0.39, 0.29) is 36.1 Å². The van der Waals surface area contributed by atoms with E-state index in [0.29, 0.717) is 17.1 Å². The second kappa shape index (κ2) is 9.36. The van der Waals surface area contributed by atoms with E-state index in [2.05, 4.69) is 15.0 Å². The molecular weight excluding hydrogens is 523 g/mol. The summed E-state index contributed by atoms with van der Waals surface area (Å²) in [6, 6.07) is 9.51. The van der Waals surface area contributed by atoms with Crippen molar-refractivity contribution in [3.8, 4) is 11.1 Å². The number of carboxylic acid groups (broad SMARTS) is 1. The largest absolute Gasteiger partial charge is 0.476 e. The molecule has 8 nitrogen and oxygen atoms in total. The third kappa shape index (κ3) is 4.42. The molecule has 2 atom stereocenters. The normalized spacial score (nSPS) is 22.8. The van der Waals surface area contributed by atoms with Crippen LogP contribution in [0.15, 0.2) is 48.8 Å². The maximum absolute atomic E-state index is 13.8. The number of fused-ring (bicyclic) bond motifs is 3. The number of nitrogens with one attached hydrogen (secondary N) is 1. The van der Waals surface area contributed by atoms with Crippen molar-refractivity contribution in [1.29, 1.82) is 0 Å². The number of alkyl halides is 3. The van der Waals surface area contributed by atoms with E-state index >= 15 is 0 Å². The Morgan fingerprint density at radius 1 is 1.07 bits per heavy atom. The van der Waals surface area contributed by atoms with E-state index in [4.69, 9.17) is 9.72 Å². The molecule has 3 fully saturated rings. The van der Waals surface area contributed by atoms with Crippen molar-refractivity contribution in [1.82, 2.24) is 19.6 Å². The number of anilines is 1. The lowest BCUT2D eigenvalue weighted by atomic mass is 9.96. The Labute approximate surface area is 227 Å². The van der Waals surface area contributed by atoms with Crippen molar-refractivity contribution in [2.24, 2.45) is 0 Å². The first kappa shape index (κ1) is 25.1. The first-order valence-electron chi connectivity index (χ1n) is 13.6. The number of H-pyrrole nitrogens is 1. The number of aromatic amines is 1. The minimum atomic E-state index is -4.44. The maximum Gasteiger partial charge on any atom is 0.417 e. The molecule has 2 saturated heterocycles. The number of rotatable bonds is 7. The summed E-state index contributed by atoms with van der Waals surface area (Å²) in [4.78, 5) is 21.6. The van der Waals surface area contributed by atoms with Gasteiger partial charge in [-0.25, -0.2) is 14.3 Å². The minimum absolute atomic E-state index is 0.0151. The molecule has 3 aromatic heterocycles. The van der Waals surface area contributed by atoms with Gasteiger partial charge < -0.3 is 19.7 Å². The highest BCUT2D eigenvalue weighted by molar-refractivity contribution is 5.86. The minimum Gasteiger partial charge on any atom is -0.476 e. The second-order valence-electron chi connectivity index (χ2n) is 11.0. The maximum atomic E-state index is 13.8. The quantitative estimate of drug-likeness (QED) is 0.291. The Kier molecular flexibility index (Phi) is 5.88. The summed E-state index contributed by atoms with van der Waals surface area (Å²) < 4.78 is 49.4. The molecular formula is C29H28F3N5O3. The number of carbonyl (C=O) groups is 1. The molecule has 5 heterocycles. The van der Waals surface area contributed by atoms with Gasteiger partial charge in [0.1, 0.15) is 5.82 Å². The van der Waals surface area contributed by atoms with Crippen molar-refractivity contribution in [2.75, 3.05) is 4.90 Å². The molecule has 1 aliphatic carbocycles. The third-order valence-electron chi connectivity index (χ3n) is 8.48. The van der Waals surface area contributed by atoms with Crippen LogP contribution < -0.4 is 4.90 Å². The van der Waals surface area contributed by atoms with Crippen LogP contribution in [0.2, 0.25) is 0 Å². The van der Waals surface area contributed by atoms with Crippen LogP contribution in [0.5, 0.6) is 0 Å². The summed E-state index contributed by atoms with van der Waals surface area (Å²) >= 11 is 0. The van der Waals surface area contributed by atoms with Gasteiger partial charge in [0.2, 0.25) is 0 Å². The fraction of sp³-hybridized carbons (Fsp3) is 0.414. The molecule has 2 bridgehead atoms. The lowest BCUT2D eigenvalue weighted by molar-refractivity contribution is -0.137. The molecule has 0 radical (unpaired) electrons. The van der Waals surface area contributed by atoms with Gasteiger partial charge in [0.05, 0.1) is 18.3 Å². The Balaban J connectivity index is 1.10. The Bertz CT molecular complexity index is 1580. The zero-order chi connectivity index (χ0) is 27.6. The number of aromatic nitrogens is 4. The molecule has 11 heteroatoms. The lowest BCUT2D eigenvalue weighted by Gasteiger charge is -2.39. The lowest BCUT2D eigenvalue weighted by Crippen LogP contribution is -2.46. The molecule has 2 aliphatic heterocycles. The Morgan fingerprint density at radius 2 is 1.82 bits per heavy atom. The zero-order valence-electron chi connectivity index (χ0n) is 21.6. The van der Waals surface area contributed by atoms with E-state index in [1.165, 1.54) is 22.7 Å². The van der Waals surface area contributed by atoms with Crippen LogP contribution >= 0.6 is 0 Å². The SMILES string of the molecule is O=C(O)c1cc2nc(N3C4CCC3CC(OCc3c(-c5ccccc5C(F)(F)F)c[nH]c3C3CC3)C4)ccn2n1. The molecule has 208 valence electrons.